The van der Waals surface area contributed by atoms with E-state index in [4.69, 9.17) is 9.15 Å². The van der Waals surface area contributed by atoms with E-state index in [0.29, 0.717) is 37.0 Å². The van der Waals surface area contributed by atoms with Crippen LogP contribution in [-0.4, -0.2) is 50.7 Å². The molecule has 8 nitrogen and oxygen atoms in total. The topological polar surface area (TPSA) is 97.1 Å². The Bertz CT molecular complexity index is 900. The van der Waals surface area contributed by atoms with Crippen LogP contribution in [0.15, 0.2) is 28.9 Å². The molecule has 3 heterocycles. The van der Waals surface area contributed by atoms with Crippen molar-refractivity contribution in [1.82, 2.24) is 25.1 Å². The molecule has 0 spiro atoms. The van der Waals surface area contributed by atoms with E-state index in [1.54, 1.807) is 17.3 Å². The maximum atomic E-state index is 12.8. The summed E-state index contributed by atoms with van der Waals surface area (Å²) < 4.78 is 11.4. The van der Waals surface area contributed by atoms with Crippen LogP contribution in [0.4, 0.5) is 0 Å². The Labute approximate surface area is 144 Å². The molecule has 0 bridgehead atoms. The lowest BCUT2D eigenvalue weighted by molar-refractivity contribution is -0.0351. The minimum atomic E-state index is -0.395. The number of nitrogens with one attached hydrogen (secondary N) is 1. The fourth-order valence-electron chi connectivity index (χ4n) is 2.84. The maximum absolute atomic E-state index is 12.8. The SMILES string of the molecule is CC(C)c1nnc([C@@H]2CN(C(=O)c3ccc4nc[nH]c4c3)CCO2)o1. The third-order valence-corrected chi connectivity index (χ3v) is 4.25. The second-order valence-corrected chi connectivity index (χ2v) is 6.38. The predicted octanol–water partition coefficient (Wildman–Crippen LogP) is 2.28. The zero-order valence-corrected chi connectivity index (χ0v) is 14.1. The zero-order chi connectivity index (χ0) is 17.4. The number of morpholine rings is 1. The maximum Gasteiger partial charge on any atom is 0.254 e. The highest BCUT2D eigenvalue weighted by Crippen LogP contribution is 2.24. The number of ether oxygens (including phenoxy) is 1. The minimum absolute atomic E-state index is 0.0478. The summed E-state index contributed by atoms with van der Waals surface area (Å²) in [7, 11) is 0. The molecule has 0 aliphatic carbocycles. The van der Waals surface area contributed by atoms with Gasteiger partial charge in [-0.1, -0.05) is 13.8 Å². The molecule has 1 aliphatic rings. The van der Waals surface area contributed by atoms with Gasteiger partial charge in [-0.05, 0) is 18.2 Å². The summed E-state index contributed by atoms with van der Waals surface area (Å²) in [5, 5.41) is 8.10. The molecule has 1 aliphatic heterocycles. The van der Waals surface area contributed by atoms with E-state index < -0.39 is 6.10 Å². The number of H-pyrrole nitrogens is 1. The van der Waals surface area contributed by atoms with Gasteiger partial charge in [0.05, 0.1) is 30.5 Å². The molecule has 2 aromatic heterocycles. The number of rotatable bonds is 3. The number of fused-ring (bicyclic) bond motifs is 1. The number of carbonyl (C=O) groups is 1. The summed E-state index contributed by atoms with van der Waals surface area (Å²) in [5.41, 5.74) is 2.29. The van der Waals surface area contributed by atoms with Gasteiger partial charge in [-0.3, -0.25) is 4.79 Å². The summed E-state index contributed by atoms with van der Waals surface area (Å²) >= 11 is 0. The number of benzene rings is 1. The monoisotopic (exact) mass is 341 g/mol. The third kappa shape index (κ3) is 3.00. The fraction of sp³-hybridized carbons (Fsp3) is 0.412. The average molecular weight is 341 g/mol. The van der Waals surface area contributed by atoms with Gasteiger partial charge in [-0.25, -0.2) is 4.98 Å². The number of nitrogens with zero attached hydrogens (tertiary/aromatic N) is 4. The summed E-state index contributed by atoms with van der Waals surface area (Å²) in [6, 6.07) is 5.45. The number of hydrogen-bond donors (Lipinski definition) is 1. The van der Waals surface area contributed by atoms with Crippen molar-refractivity contribution in [2.75, 3.05) is 19.7 Å². The van der Waals surface area contributed by atoms with Crippen molar-refractivity contribution in [2.45, 2.75) is 25.9 Å². The van der Waals surface area contributed by atoms with Crippen LogP contribution in [0.25, 0.3) is 11.0 Å². The summed E-state index contributed by atoms with van der Waals surface area (Å²) in [4.78, 5) is 21.8. The molecule has 0 radical (unpaired) electrons. The lowest BCUT2D eigenvalue weighted by Crippen LogP contribution is -2.42. The van der Waals surface area contributed by atoms with Crippen molar-refractivity contribution in [3.63, 3.8) is 0 Å². The van der Waals surface area contributed by atoms with Crippen LogP contribution in [0, 0.1) is 0 Å². The molecular weight excluding hydrogens is 322 g/mol. The highest BCUT2D eigenvalue weighted by atomic mass is 16.5. The van der Waals surface area contributed by atoms with Crippen LogP contribution in [0.1, 0.15) is 48.0 Å². The van der Waals surface area contributed by atoms with E-state index in [1.165, 1.54) is 0 Å². The van der Waals surface area contributed by atoms with Gasteiger partial charge in [-0.2, -0.15) is 0 Å². The first-order valence-electron chi connectivity index (χ1n) is 8.29. The largest absolute Gasteiger partial charge is 0.422 e. The molecule has 4 rings (SSSR count). The van der Waals surface area contributed by atoms with Crippen molar-refractivity contribution in [3.8, 4) is 0 Å². The Morgan fingerprint density at radius 1 is 1.36 bits per heavy atom. The van der Waals surface area contributed by atoms with Crippen molar-refractivity contribution >= 4 is 16.9 Å². The van der Waals surface area contributed by atoms with Gasteiger partial charge in [0.1, 0.15) is 0 Å². The summed E-state index contributed by atoms with van der Waals surface area (Å²) in [5.74, 6) is 1.11. The van der Waals surface area contributed by atoms with Gasteiger partial charge < -0.3 is 19.0 Å². The number of aromatic nitrogens is 4. The Morgan fingerprint density at radius 3 is 3.04 bits per heavy atom. The molecule has 0 saturated carbocycles. The fourth-order valence-corrected chi connectivity index (χ4v) is 2.84. The van der Waals surface area contributed by atoms with Gasteiger partial charge in [0, 0.05) is 18.0 Å². The van der Waals surface area contributed by atoms with E-state index >= 15 is 0 Å². The average Bonchev–Trinajstić information content (AvgIpc) is 3.30. The highest BCUT2D eigenvalue weighted by molar-refractivity contribution is 5.97. The summed E-state index contributed by atoms with van der Waals surface area (Å²) in [6.07, 6.45) is 1.22. The van der Waals surface area contributed by atoms with E-state index in [2.05, 4.69) is 20.2 Å². The second-order valence-electron chi connectivity index (χ2n) is 6.38. The van der Waals surface area contributed by atoms with Gasteiger partial charge >= 0.3 is 0 Å². The number of carbonyl (C=O) groups excluding carboxylic acids is 1. The Hall–Kier alpha value is -2.74. The first-order chi connectivity index (χ1) is 12.1. The van der Waals surface area contributed by atoms with Gasteiger partial charge in [0.25, 0.3) is 5.91 Å². The first kappa shape index (κ1) is 15.8. The third-order valence-electron chi connectivity index (χ3n) is 4.25. The molecule has 130 valence electrons. The molecule has 1 amide bonds. The number of aromatic amines is 1. The van der Waals surface area contributed by atoms with Gasteiger partial charge in [-0.15, -0.1) is 10.2 Å². The number of amides is 1. The van der Waals surface area contributed by atoms with Crippen LogP contribution < -0.4 is 0 Å². The van der Waals surface area contributed by atoms with Crippen LogP contribution in [0.2, 0.25) is 0 Å². The van der Waals surface area contributed by atoms with Crippen LogP contribution in [0.3, 0.4) is 0 Å². The Morgan fingerprint density at radius 2 is 2.24 bits per heavy atom. The molecular formula is C17H19N5O3. The van der Waals surface area contributed by atoms with Gasteiger partial charge in [0.2, 0.25) is 11.8 Å². The molecule has 1 saturated heterocycles. The quantitative estimate of drug-likeness (QED) is 0.785. The molecule has 1 N–H and O–H groups in total. The molecule has 3 aromatic rings. The smallest absolute Gasteiger partial charge is 0.254 e. The lowest BCUT2D eigenvalue weighted by atomic mass is 10.1. The number of hydrogen-bond acceptors (Lipinski definition) is 6. The standard InChI is InChI=1S/C17H19N5O3/c1-10(2)15-20-21-16(25-15)14-8-22(5-6-24-14)17(23)11-3-4-12-13(7-11)19-9-18-12/h3-4,7,9-10,14H,5-6,8H2,1-2H3,(H,18,19)/t14-/m0/s1. The second kappa shape index (κ2) is 6.29. The Kier molecular flexibility index (Phi) is 3.96. The van der Waals surface area contributed by atoms with Crippen LogP contribution >= 0.6 is 0 Å². The normalized spacial score (nSPS) is 18.2. The Balaban J connectivity index is 1.52. The van der Waals surface area contributed by atoms with Crippen molar-refractivity contribution < 1.29 is 13.9 Å². The molecule has 1 fully saturated rings. The van der Waals surface area contributed by atoms with E-state index in [1.807, 2.05) is 26.0 Å². The van der Waals surface area contributed by atoms with Crippen molar-refractivity contribution in [2.24, 2.45) is 0 Å². The molecule has 8 heteroatoms. The van der Waals surface area contributed by atoms with E-state index in [9.17, 15) is 4.79 Å². The van der Waals surface area contributed by atoms with Crippen molar-refractivity contribution in [1.29, 1.82) is 0 Å². The van der Waals surface area contributed by atoms with Crippen molar-refractivity contribution in [3.05, 3.63) is 41.9 Å². The highest BCUT2D eigenvalue weighted by Gasteiger charge is 2.30. The zero-order valence-electron chi connectivity index (χ0n) is 14.1. The molecule has 25 heavy (non-hydrogen) atoms. The van der Waals surface area contributed by atoms with E-state index in [0.717, 1.165) is 11.0 Å². The van der Waals surface area contributed by atoms with Crippen LogP contribution in [-0.2, 0) is 4.74 Å². The lowest BCUT2D eigenvalue weighted by Gasteiger charge is -2.31. The number of imidazole rings is 1. The first-order valence-corrected chi connectivity index (χ1v) is 8.29. The van der Waals surface area contributed by atoms with Gasteiger partial charge in [0.15, 0.2) is 6.10 Å². The molecule has 1 atom stereocenters. The summed E-state index contributed by atoms with van der Waals surface area (Å²) in [6.45, 7) is 5.32. The minimum Gasteiger partial charge on any atom is -0.422 e. The predicted molar refractivity (Wildman–Crippen MR) is 89.1 cm³/mol. The van der Waals surface area contributed by atoms with E-state index in [-0.39, 0.29) is 11.8 Å². The van der Waals surface area contributed by atoms with Crippen LogP contribution in [0.5, 0.6) is 0 Å². The molecule has 0 unspecified atom stereocenters. The molecule has 1 aromatic carbocycles.